The zero-order valence-corrected chi connectivity index (χ0v) is 11.0. The molecule has 0 spiro atoms. The Bertz CT molecular complexity index is 380. The summed E-state index contributed by atoms with van der Waals surface area (Å²) in [5, 5.41) is 0. The van der Waals surface area contributed by atoms with E-state index in [2.05, 4.69) is 13.8 Å². The molecule has 0 aliphatic carbocycles. The molecule has 96 valence electrons. The van der Waals surface area contributed by atoms with Gasteiger partial charge in [0, 0.05) is 25.7 Å². The fourth-order valence-corrected chi connectivity index (χ4v) is 1.60. The lowest BCUT2D eigenvalue weighted by molar-refractivity contribution is 0.416. The maximum Gasteiger partial charge on any atom is 0.148 e. The Kier molecular flexibility index (Phi) is 4.61. The smallest absolute Gasteiger partial charge is 0.148 e. The van der Waals surface area contributed by atoms with Crippen LogP contribution in [0.1, 0.15) is 20.3 Å². The molecule has 0 saturated heterocycles. The summed E-state index contributed by atoms with van der Waals surface area (Å²) in [5.74, 6) is 0.795. The Balaban J connectivity index is 2.89. The largest absolute Gasteiger partial charge is 0.495 e. The number of ether oxygens (including phenoxy) is 1. The lowest BCUT2D eigenvalue weighted by Crippen LogP contribution is -2.21. The van der Waals surface area contributed by atoms with Gasteiger partial charge in [0.25, 0.3) is 0 Å². The fraction of sp³-hybridized carbons (Fsp3) is 0.538. The molecule has 0 aliphatic heterocycles. The molecule has 0 fully saturated rings. The average Bonchev–Trinajstić information content (AvgIpc) is 2.26. The first-order chi connectivity index (χ1) is 7.95. The van der Waals surface area contributed by atoms with E-state index in [1.165, 1.54) is 13.2 Å². The van der Waals surface area contributed by atoms with Gasteiger partial charge < -0.3 is 15.4 Å². The molecule has 0 atom stereocenters. The zero-order valence-electron chi connectivity index (χ0n) is 11.0. The first-order valence-electron chi connectivity index (χ1n) is 5.79. The molecule has 2 N–H and O–H groups in total. The van der Waals surface area contributed by atoms with Crippen molar-refractivity contribution in [3.8, 4) is 5.75 Å². The molecule has 1 aromatic rings. The van der Waals surface area contributed by atoms with Gasteiger partial charge in [0.05, 0.1) is 18.5 Å². The number of nitrogens with zero attached hydrogens (tertiary/aromatic N) is 1. The SMILES string of the molecule is COc1cc(N(C)CCC(C)C)c(F)cc1N. The van der Waals surface area contributed by atoms with Crippen molar-refractivity contribution in [2.24, 2.45) is 5.92 Å². The van der Waals surface area contributed by atoms with Crippen LogP contribution in [0.15, 0.2) is 12.1 Å². The molecule has 0 aromatic heterocycles. The first-order valence-corrected chi connectivity index (χ1v) is 5.79. The number of rotatable bonds is 5. The van der Waals surface area contributed by atoms with Gasteiger partial charge in [0.1, 0.15) is 11.6 Å². The summed E-state index contributed by atoms with van der Waals surface area (Å²) in [6, 6.07) is 2.95. The highest BCUT2D eigenvalue weighted by atomic mass is 19.1. The number of nitrogen functional groups attached to an aromatic ring is 1. The number of anilines is 2. The second-order valence-corrected chi connectivity index (χ2v) is 4.65. The van der Waals surface area contributed by atoms with E-state index in [4.69, 9.17) is 10.5 Å². The molecule has 1 rings (SSSR count). The predicted molar refractivity (Wildman–Crippen MR) is 70.1 cm³/mol. The van der Waals surface area contributed by atoms with Crippen molar-refractivity contribution in [3.05, 3.63) is 17.9 Å². The summed E-state index contributed by atoms with van der Waals surface area (Å²) in [7, 11) is 3.40. The van der Waals surface area contributed by atoms with Crippen molar-refractivity contribution < 1.29 is 9.13 Å². The van der Waals surface area contributed by atoms with Crippen LogP contribution < -0.4 is 15.4 Å². The van der Waals surface area contributed by atoms with E-state index in [-0.39, 0.29) is 5.82 Å². The van der Waals surface area contributed by atoms with Crippen molar-refractivity contribution in [2.75, 3.05) is 31.3 Å². The normalized spacial score (nSPS) is 10.7. The van der Waals surface area contributed by atoms with Crippen LogP contribution in [0.25, 0.3) is 0 Å². The van der Waals surface area contributed by atoms with Crippen LogP contribution in [0, 0.1) is 11.7 Å². The van der Waals surface area contributed by atoms with Crippen molar-refractivity contribution in [1.29, 1.82) is 0 Å². The fourth-order valence-electron chi connectivity index (χ4n) is 1.60. The molecule has 17 heavy (non-hydrogen) atoms. The summed E-state index contributed by atoms with van der Waals surface area (Å²) < 4.78 is 18.9. The summed E-state index contributed by atoms with van der Waals surface area (Å²) in [6.45, 7) is 5.10. The number of hydrogen-bond acceptors (Lipinski definition) is 3. The standard InChI is InChI=1S/C13H21FN2O/c1-9(2)5-6-16(3)12-8-13(17-4)11(15)7-10(12)14/h7-9H,5-6,15H2,1-4H3. The lowest BCUT2D eigenvalue weighted by Gasteiger charge is -2.22. The highest BCUT2D eigenvalue weighted by molar-refractivity contribution is 5.63. The summed E-state index contributed by atoms with van der Waals surface area (Å²) in [6.07, 6.45) is 1.02. The van der Waals surface area contributed by atoms with Gasteiger partial charge in [-0.3, -0.25) is 0 Å². The third-order valence-corrected chi connectivity index (χ3v) is 2.75. The number of benzene rings is 1. The van der Waals surface area contributed by atoms with Crippen LogP contribution in [0.4, 0.5) is 15.8 Å². The summed E-state index contributed by atoms with van der Waals surface area (Å²) >= 11 is 0. The van der Waals surface area contributed by atoms with Crippen molar-refractivity contribution in [2.45, 2.75) is 20.3 Å². The van der Waals surface area contributed by atoms with Crippen LogP contribution in [0.5, 0.6) is 5.75 Å². The topological polar surface area (TPSA) is 38.5 Å². The number of methoxy groups -OCH3 is 1. The predicted octanol–water partition coefficient (Wildman–Crippen LogP) is 2.90. The third kappa shape index (κ3) is 3.51. The Labute approximate surface area is 102 Å². The van der Waals surface area contributed by atoms with E-state index in [0.29, 0.717) is 23.0 Å². The average molecular weight is 240 g/mol. The molecule has 0 bridgehead atoms. The van der Waals surface area contributed by atoms with Crippen LogP contribution in [0.2, 0.25) is 0 Å². The first kappa shape index (κ1) is 13.6. The Morgan fingerprint density at radius 3 is 2.59 bits per heavy atom. The minimum absolute atomic E-state index is 0.311. The van der Waals surface area contributed by atoms with Crippen LogP contribution in [0.3, 0.4) is 0 Å². The van der Waals surface area contributed by atoms with Gasteiger partial charge in [-0.05, 0) is 12.3 Å². The third-order valence-electron chi connectivity index (χ3n) is 2.75. The van der Waals surface area contributed by atoms with Gasteiger partial charge in [0.2, 0.25) is 0 Å². The molecule has 3 nitrogen and oxygen atoms in total. The second-order valence-electron chi connectivity index (χ2n) is 4.65. The van der Waals surface area contributed by atoms with E-state index < -0.39 is 0 Å². The van der Waals surface area contributed by atoms with Gasteiger partial charge >= 0.3 is 0 Å². The highest BCUT2D eigenvalue weighted by Gasteiger charge is 2.12. The van der Waals surface area contributed by atoms with Crippen molar-refractivity contribution >= 4 is 11.4 Å². The van der Waals surface area contributed by atoms with E-state index in [1.54, 1.807) is 6.07 Å². The van der Waals surface area contributed by atoms with Gasteiger partial charge in [-0.15, -0.1) is 0 Å². The van der Waals surface area contributed by atoms with Crippen molar-refractivity contribution in [1.82, 2.24) is 0 Å². The number of halogens is 1. The molecule has 4 heteroatoms. The van der Waals surface area contributed by atoms with E-state index in [9.17, 15) is 4.39 Å². The van der Waals surface area contributed by atoms with Crippen LogP contribution in [-0.2, 0) is 0 Å². The Morgan fingerprint density at radius 1 is 1.41 bits per heavy atom. The zero-order chi connectivity index (χ0) is 13.0. The maximum absolute atomic E-state index is 13.8. The minimum atomic E-state index is -0.311. The maximum atomic E-state index is 13.8. The van der Waals surface area contributed by atoms with Gasteiger partial charge in [-0.1, -0.05) is 13.8 Å². The van der Waals surface area contributed by atoms with Gasteiger partial charge in [0.15, 0.2) is 0 Å². The molecule has 0 amide bonds. The van der Waals surface area contributed by atoms with Crippen molar-refractivity contribution in [3.63, 3.8) is 0 Å². The molecule has 0 saturated carbocycles. The molecule has 0 radical (unpaired) electrons. The molecule has 0 heterocycles. The van der Waals surface area contributed by atoms with E-state index in [0.717, 1.165) is 13.0 Å². The van der Waals surface area contributed by atoms with Crippen LogP contribution >= 0.6 is 0 Å². The monoisotopic (exact) mass is 240 g/mol. The quantitative estimate of drug-likeness (QED) is 0.804. The number of nitrogens with two attached hydrogens (primary N) is 1. The minimum Gasteiger partial charge on any atom is -0.495 e. The lowest BCUT2D eigenvalue weighted by atomic mass is 10.1. The van der Waals surface area contributed by atoms with Gasteiger partial charge in [-0.2, -0.15) is 0 Å². The highest BCUT2D eigenvalue weighted by Crippen LogP contribution is 2.30. The summed E-state index contributed by atoms with van der Waals surface area (Å²) in [5.41, 5.74) is 6.49. The van der Waals surface area contributed by atoms with Gasteiger partial charge in [-0.25, -0.2) is 4.39 Å². The Morgan fingerprint density at radius 2 is 2.06 bits per heavy atom. The number of hydrogen-bond donors (Lipinski definition) is 1. The second kappa shape index (κ2) is 5.75. The van der Waals surface area contributed by atoms with E-state index >= 15 is 0 Å². The summed E-state index contributed by atoms with van der Waals surface area (Å²) in [4.78, 5) is 1.89. The molecular weight excluding hydrogens is 219 g/mol. The molecular formula is C13H21FN2O. The Hall–Kier alpha value is -1.45. The van der Waals surface area contributed by atoms with Crippen LogP contribution in [-0.4, -0.2) is 20.7 Å². The molecule has 0 unspecified atom stereocenters. The van der Waals surface area contributed by atoms with E-state index in [1.807, 2.05) is 11.9 Å². The molecule has 1 aromatic carbocycles. The molecule has 0 aliphatic rings.